The minimum Gasteiger partial charge on any atom is -0.481 e. The highest BCUT2D eigenvalue weighted by molar-refractivity contribution is 7.99. The molecule has 6 nitrogen and oxygen atoms in total. The quantitative estimate of drug-likeness (QED) is 0.752. The van der Waals surface area contributed by atoms with Crippen LogP contribution in [0.4, 0.5) is 5.95 Å². The molecule has 0 bridgehead atoms. The summed E-state index contributed by atoms with van der Waals surface area (Å²) in [5.41, 5.74) is 5.59. The van der Waals surface area contributed by atoms with E-state index in [0.29, 0.717) is 11.1 Å². The number of aliphatic carboxylic acids is 1. The molecule has 0 radical (unpaired) electrons. The van der Waals surface area contributed by atoms with Crippen LogP contribution >= 0.6 is 11.8 Å². The molecule has 1 aromatic rings. The fourth-order valence-electron chi connectivity index (χ4n) is 1.79. The highest BCUT2D eigenvalue weighted by Gasteiger charge is 2.26. The van der Waals surface area contributed by atoms with Gasteiger partial charge in [0.2, 0.25) is 5.95 Å². The molecule has 0 aliphatic rings. The van der Waals surface area contributed by atoms with Crippen LogP contribution in [0.3, 0.4) is 0 Å². The summed E-state index contributed by atoms with van der Waals surface area (Å²) in [6.45, 7) is 6.18. The van der Waals surface area contributed by atoms with Crippen molar-refractivity contribution in [3.05, 3.63) is 0 Å². The van der Waals surface area contributed by atoms with Gasteiger partial charge in [-0.25, -0.2) is 0 Å². The van der Waals surface area contributed by atoms with Gasteiger partial charge >= 0.3 is 5.97 Å². The largest absolute Gasteiger partial charge is 0.481 e. The molecule has 0 atom stereocenters. The Kier molecular flexibility index (Phi) is 4.39. The first kappa shape index (κ1) is 13.8. The highest BCUT2D eigenvalue weighted by Crippen LogP contribution is 2.30. The first-order valence-corrected chi connectivity index (χ1v) is 6.43. The van der Waals surface area contributed by atoms with Crippen LogP contribution in [0, 0.1) is 0 Å². The number of anilines is 1. The van der Waals surface area contributed by atoms with Crippen molar-refractivity contribution in [3.8, 4) is 0 Å². The Morgan fingerprint density at radius 2 is 2.18 bits per heavy atom. The van der Waals surface area contributed by atoms with Crippen molar-refractivity contribution in [1.82, 2.24) is 14.8 Å². The van der Waals surface area contributed by atoms with Gasteiger partial charge in [0, 0.05) is 5.54 Å². The van der Waals surface area contributed by atoms with Gasteiger partial charge < -0.3 is 10.8 Å². The first-order chi connectivity index (χ1) is 7.88. The summed E-state index contributed by atoms with van der Waals surface area (Å²) >= 11 is 1.14. The number of carboxylic acids is 1. The molecule has 0 spiro atoms. The number of thioether (sulfide) groups is 1. The van der Waals surface area contributed by atoms with Crippen molar-refractivity contribution in [2.75, 3.05) is 11.5 Å². The first-order valence-electron chi connectivity index (χ1n) is 5.44. The summed E-state index contributed by atoms with van der Waals surface area (Å²) in [5.74, 6) is -0.590. The lowest BCUT2D eigenvalue weighted by molar-refractivity contribution is -0.133. The molecular weight excluding hydrogens is 240 g/mol. The third-order valence-electron chi connectivity index (χ3n) is 2.45. The predicted octanol–water partition coefficient (Wildman–Crippen LogP) is 1.57. The number of aromatic nitrogens is 3. The SMILES string of the molecule is CCCC(C)(C)n1c(N)nnc1SCC(=O)O. The maximum atomic E-state index is 10.6. The van der Waals surface area contributed by atoms with E-state index in [1.165, 1.54) is 0 Å². The van der Waals surface area contributed by atoms with E-state index in [9.17, 15) is 4.79 Å². The Hall–Kier alpha value is -1.24. The molecular formula is C10H18N4O2S. The van der Waals surface area contributed by atoms with Gasteiger partial charge in [0.15, 0.2) is 5.16 Å². The molecule has 17 heavy (non-hydrogen) atoms. The molecule has 7 heteroatoms. The Labute approximate surface area is 105 Å². The van der Waals surface area contributed by atoms with Gasteiger partial charge in [-0.15, -0.1) is 10.2 Å². The fraction of sp³-hybridized carbons (Fsp3) is 0.700. The number of nitrogens with two attached hydrogens (primary N) is 1. The van der Waals surface area contributed by atoms with Crippen LogP contribution in [0.1, 0.15) is 33.6 Å². The van der Waals surface area contributed by atoms with Crippen molar-refractivity contribution < 1.29 is 9.90 Å². The summed E-state index contributed by atoms with van der Waals surface area (Å²) in [6, 6.07) is 0. The Balaban J connectivity index is 2.97. The number of rotatable bonds is 6. The predicted molar refractivity (Wildman–Crippen MR) is 67.0 cm³/mol. The highest BCUT2D eigenvalue weighted by atomic mass is 32.2. The molecule has 0 amide bonds. The molecule has 3 N–H and O–H groups in total. The normalized spacial score (nSPS) is 11.7. The Morgan fingerprint density at radius 3 is 2.71 bits per heavy atom. The summed E-state index contributed by atoms with van der Waals surface area (Å²) in [6.07, 6.45) is 1.93. The number of carboxylic acid groups (broad SMARTS) is 1. The maximum Gasteiger partial charge on any atom is 0.313 e. The zero-order valence-electron chi connectivity index (χ0n) is 10.3. The topological polar surface area (TPSA) is 94.0 Å². The number of nitrogens with zero attached hydrogens (tertiary/aromatic N) is 3. The Bertz CT molecular complexity index is 403. The minimum atomic E-state index is -0.878. The van der Waals surface area contributed by atoms with E-state index in [2.05, 4.69) is 17.1 Å². The monoisotopic (exact) mass is 258 g/mol. The molecule has 0 aromatic carbocycles. The lowest BCUT2D eigenvalue weighted by atomic mass is 9.99. The van der Waals surface area contributed by atoms with Crippen LogP contribution < -0.4 is 5.73 Å². The molecule has 0 aliphatic carbocycles. The van der Waals surface area contributed by atoms with Crippen molar-refractivity contribution in [2.45, 2.75) is 44.3 Å². The van der Waals surface area contributed by atoms with Crippen molar-refractivity contribution >= 4 is 23.7 Å². The van der Waals surface area contributed by atoms with Gasteiger partial charge in [0.1, 0.15) is 0 Å². The van der Waals surface area contributed by atoms with Gasteiger partial charge in [0.05, 0.1) is 5.75 Å². The van der Waals surface area contributed by atoms with Crippen LogP contribution in [0.2, 0.25) is 0 Å². The number of hydrogen-bond donors (Lipinski definition) is 2. The average molecular weight is 258 g/mol. The van der Waals surface area contributed by atoms with E-state index in [-0.39, 0.29) is 11.3 Å². The standard InChI is InChI=1S/C10H18N4O2S/c1-4-5-10(2,3)14-8(11)12-13-9(14)17-6-7(15)16/h4-6H2,1-3H3,(H2,11,12)(H,15,16). The molecule has 0 aliphatic heterocycles. The molecule has 1 aromatic heterocycles. The molecule has 1 heterocycles. The van der Waals surface area contributed by atoms with E-state index >= 15 is 0 Å². The average Bonchev–Trinajstić information content (AvgIpc) is 2.57. The van der Waals surface area contributed by atoms with E-state index in [0.717, 1.165) is 24.6 Å². The molecule has 0 fully saturated rings. The number of carbonyl (C=O) groups is 1. The summed E-state index contributed by atoms with van der Waals surface area (Å²) in [7, 11) is 0. The summed E-state index contributed by atoms with van der Waals surface area (Å²) in [5, 5.41) is 17.0. The maximum absolute atomic E-state index is 10.6. The molecule has 1 rings (SSSR count). The fourth-order valence-corrected chi connectivity index (χ4v) is 2.61. The van der Waals surface area contributed by atoms with Gasteiger partial charge in [0.25, 0.3) is 0 Å². The van der Waals surface area contributed by atoms with Crippen LogP contribution in [0.15, 0.2) is 5.16 Å². The minimum absolute atomic E-state index is 0.0413. The van der Waals surface area contributed by atoms with E-state index in [1.807, 2.05) is 18.4 Å². The lowest BCUT2D eigenvalue weighted by Gasteiger charge is -2.27. The zero-order chi connectivity index (χ0) is 13.1. The smallest absolute Gasteiger partial charge is 0.313 e. The van der Waals surface area contributed by atoms with Crippen molar-refractivity contribution in [3.63, 3.8) is 0 Å². The third kappa shape index (κ3) is 3.36. The third-order valence-corrected chi connectivity index (χ3v) is 3.36. The molecule has 0 unspecified atom stereocenters. The van der Waals surface area contributed by atoms with E-state index < -0.39 is 5.97 Å². The van der Waals surface area contributed by atoms with Gasteiger partial charge in [-0.1, -0.05) is 25.1 Å². The second-order valence-corrected chi connectivity index (χ2v) is 5.36. The van der Waals surface area contributed by atoms with Crippen LogP contribution in [-0.2, 0) is 10.3 Å². The summed E-state index contributed by atoms with van der Waals surface area (Å²) < 4.78 is 1.81. The van der Waals surface area contributed by atoms with Crippen molar-refractivity contribution in [2.24, 2.45) is 0 Å². The molecule has 96 valence electrons. The molecule has 0 saturated carbocycles. The second-order valence-electron chi connectivity index (χ2n) is 4.42. The van der Waals surface area contributed by atoms with E-state index in [1.54, 1.807) is 0 Å². The van der Waals surface area contributed by atoms with E-state index in [4.69, 9.17) is 10.8 Å². The van der Waals surface area contributed by atoms with Gasteiger partial charge in [-0.3, -0.25) is 9.36 Å². The van der Waals surface area contributed by atoms with Crippen molar-refractivity contribution in [1.29, 1.82) is 0 Å². The van der Waals surface area contributed by atoms with Crippen LogP contribution in [0.25, 0.3) is 0 Å². The second kappa shape index (κ2) is 5.39. The summed E-state index contributed by atoms with van der Waals surface area (Å²) in [4.78, 5) is 10.6. The number of hydrogen-bond acceptors (Lipinski definition) is 5. The zero-order valence-corrected chi connectivity index (χ0v) is 11.1. The van der Waals surface area contributed by atoms with Gasteiger partial charge in [-0.05, 0) is 20.3 Å². The molecule has 0 saturated heterocycles. The Morgan fingerprint density at radius 1 is 1.53 bits per heavy atom. The number of nitrogen functional groups attached to an aromatic ring is 1. The van der Waals surface area contributed by atoms with Gasteiger partial charge in [-0.2, -0.15) is 0 Å². The van der Waals surface area contributed by atoms with Crippen LogP contribution in [0.5, 0.6) is 0 Å². The van der Waals surface area contributed by atoms with Crippen LogP contribution in [-0.4, -0.2) is 31.6 Å². The lowest BCUT2D eigenvalue weighted by Crippen LogP contribution is -2.28.